The van der Waals surface area contributed by atoms with Gasteiger partial charge in [-0.2, -0.15) is 0 Å². The van der Waals surface area contributed by atoms with Crippen molar-refractivity contribution >= 4 is 23.4 Å². The van der Waals surface area contributed by atoms with Crippen LogP contribution in [0.3, 0.4) is 0 Å². The summed E-state index contributed by atoms with van der Waals surface area (Å²) in [6.07, 6.45) is -0.351. The van der Waals surface area contributed by atoms with Gasteiger partial charge in [0.05, 0.1) is 6.54 Å². The molecule has 2 aliphatic heterocycles. The van der Waals surface area contributed by atoms with Gasteiger partial charge in [-0.1, -0.05) is 24.3 Å². The lowest BCUT2D eigenvalue weighted by molar-refractivity contribution is -0.122. The zero-order valence-corrected chi connectivity index (χ0v) is 12.9. The first-order chi connectivity index (χ1) is 11.7. The van der Waals surface area contributed by atoms with E-state index in [4.69, 9.17) is 9.47 Å². The van der Waals surface area contributed by atoms with Crippen molar-refractivity contribution in [3.8, 4) is 5.75 Å². The van der Waals surface area contributed by atoms with Gasteiger partial charge in [0.25, 0.3) is 5.91 Å². The molecule has 2 aliphatic rings. The van der Waals surface area contributed by atoms with Crippen molar-refractivity contribution in [3.05, 3.63) is 54.1 Å². The molecule has 6 heteroatoms. The van der Waals surface area contributed by atoms with E-state index in [9.17, 15) is 9.59 Å². The molecule has 0 aromatic heterocycles. The molecule has 2 aromatic carbocycles. The van der Waals surface area contributed by atoms with Crippen molar-refractivity contribution in [2.75, 3.05) is 23.4 Å². The molecular formula is C18H16N2O4. The van der Waals surface area contributed by atoms with Crippen molar-refractivity contribution in [2.24, 2.45) is 0 Å². The fourth-order valence-electron chi connectivity index (χ4n) is 2.93. The summed E-state index contributed by atoms with van der Waals surface area (Å²) in [5.41, 5.74) is 2.36. The molecule has 0 aliphatic carbocycles. The van der Waals surface area contributed by atoms with Crippen LogP contribution in [0.1, 0.15) is 5.56 Å². The molecule has 1 N–H and O–H groups in total. The number of para-hydroxylation sites is 1. The molecular weight excluding hydrogens is 308 g/mol. The van der Waals surface area contributed by atoms with Gasteiger partial charge < -0.3 is 14.8 Å². The molecule has 0 saturated carbocycles. The molecule has 122 valence electrons. The highest BCUT2D eigenvalue weighted by Crippen LogP contribution is 2.29. The van der Waals surface area contributed by atoms with E-state index >= 15 is 0 Å². The zero-order valence-electron chi connectivity index (χ0n) is 12.9. The normalized spacial score (nSPS) is 18.8. The highest BCUT2D eigenvalue weighted by atomic mass is 16.6. The second kappa shape index (κ2) is 5.88. The molecule has 1 atom stereocenters. The summed E-state index contributed by atoms with van der Waals surface area (Å²) in [5, 5.41) is 2.85. The minimum Gasteiger partial charge on any atom is -0.480 e. The highest BCUT2D eigenvalue weighted by molar-refractivity contribution is 5.96. The molecule has 1 saturated heterocycles. The van der Waals surface area contributed by atoms with Crippen molar-refractivity contribution in [2.45, 2.75) is 12.5 Å². The van der Waals surface area contributed by atoms with Crippen molar-refractivity contribution in [1.29, 1.82) is 0 Å². The predicted molar refractivity (Wildman–Crippen MR) is 88.3 cm³/mol. The van der Waals surface area contributed by atoms with Crippen molar-refractivity contribution in [1.82, 2.24) is 0 Å². The van der Waals surface area contributed by atoms with E-state index < -0.39 is 6.10 Å². The average molecular weight is 324 g/mol. The van der Waals surface area contributed by atoms with Crippen LogP contribution in [-0.4, -0.2) is 31.3 Å². The standard InChI is InChI=1S/C18H16N2O4/c21-17(16-10-12-4-1-2-7-15(12)24-16)19-13-5-3-6-14(11-13)20-8-9-23-18(20)22/h1-7,11,16H,8-10H2,(H,19,21)/t16-/m0/s1. The van der Waals surface area contributed by atoms with E-state index in [1.807, 2.05) is 30.3 Å². The number of nitrogens with one attached hydrogen (secondary N) is 1. The summed E-state index contributed by atoms with van der Waals surface area (Å²) < 4.78 is 10.6. The Morgan fingerprint density at radius 3 is 2.83 bits per heavy atom. The quantitative estimate of drug-likeness (QED) is 0.942. The number of rotatable bonds is 3. The van der Waals surface area contributed by atoms with Crippen LogP contribution in [-0.2, 0) is 16.0 Å². The molecule has 4 rings (SSSR count). The third kappa shape index (κ3) is 2.67. The zero-order chi connectivity index (χ0) is 16.5. The van der Waals surface area contributed by atoms with E-state index in [0.717, 1.165) is 11.3 Å². The largest absolute Gasteiger partial charge is 0.480 e. The first kappa shape index (κ1) is 14.6. The second-order valence-corrected chi connectivity index (χ2v) is 5.72. The van der Waals surface area contributed by atoms with Crippen LogP contribution in [0, 0.1) is 0 Å². The Kier molecular flexibility index (Phi) is 3.57. The van der Waals surface area contributed by atoms with Crippen LogP contribution in [0.4, 0.5) is 16.2 Å². The van der Waals surface area contributed by atoms with Crippen LogP contribution in [0.25, 0.3) is 0 Å². The van der Waals surface area contributed by atoms with Gasteiger partial charge >= 0.3 is 6.09 Å². The van der Waals surface area contributed by atoms with Crippen LogP contribution < -0.4 is 15.0 Å². The van der Waals surface area contributed by atoms with Gasteiger partial charge in [-0.25, -0.2) is 4.79 Å². The van der Waals surface area contributed by atoms with Gasteiger partial charge in [-0.15, -0.1) is 0 Å². The first-order valence-corrected chi connectivity index (χ1v) is 7.80. The third-order valence-electron chi connectivity index (χ3n) is 4.13. The monoisotopic (exact) mass is 324 g/mol. The molecule has 0 bridgehead atoms. The van der Waals surface area contributed by atoms with Crippen LogP contribution in [0.15, 0.2) is 48.5 Å². The molecule has 0 spiro atoms. The molecule has 2 aromatic rings. The van der Waals surface area contributed by atoms with E-state index in [-0.39, 0.29) is 12.0 Å². The summed E-state index contributed by atoms with van der Waals surface area (Å²) in [4.78, 5) is 25.6. The lowest BCUT2D eigenvalue weighted by Gasteiger charge is -2.15. The fourth-order valence-corrected chi connectivity index (χ4v) is 2.93. The predicted octanol–water partition coefficient (Wildman–Crippen LogP) is 2.59. The number of fused-ring (bicyclic) bond motifs is 1. The number of benzene rings is 2. The molecule has 0 unspecified atom stereocenters. The summed E-state index contributed by atoms with van der Waals surface area (Å²) in [6, 6.07) is 14.8. The van der Waals surface area contributed by atoms with Gasteiger partial charge in [0.1, 0.15) is 12.4 Å². The Morgan fingerprint density at radius 1 is 1.17 bits per heavy atom. The molecule has 2 heterocycles. The van der Waals surface area contributed by atoms with Crippen LogP contribution >= 0.6 is 0 Å². The van der Waals surface area contributed by atoms with Crippen molar-refractivity contribution < 1.29 is 19.1 Å². The Morgan fingerprint density at radius 2 is 2.04 bits per heavy atom. The Labute approximate surface area is 139 Å². The molecule has 0 radical (unpaired) electrons. The number of cyclic esters (lactones) is 1. The van der Waals surface area contributed by atoms with Crippen LogP contribution in [0.5, 0.6) is 5.75 Å². The third-order valence-corrected chi connectivity index (χ3v) is 4.13. The number of ether oxygens (including phenoxy) is 2. The fraction of sp³-hybridized carbons (Fsp3) is 0.222. The number of amides is 2. The number of hydrogen-bond donors (Lipinski definition) is 1. The second-order valence-electron chi connectivity index (χ2n) is 5.72. The van der Waals surface area contributed by atoms with E-state index in [0.29, 0.717) is 30.9 Å². The van der Waals surface area contributed by atoms with Gasteiger partial charge in [-0.05, 0) is 29.8 Å². The number of nitrogens with zero attached hydrogens (tertiary/aromatic N) is 1. The maximum atomic E-state index is 12.4. The minimum atomic E-state index is -0.539. The average Bonchev–Trinajstić information content (AvgIpc) is 3.21. The SMILES string of the molecule is O=C(Nc1cccc(N2CCOC2=O)c1)[C@@H]1Cc2ccccc2O1. The Balaban J connectivity index is 1.46. The molecule has 24 heavy (non-hydrogen) atoms. The molecule has 1 fully saturated rings. The Bertz CT molecular complexity index is 780. The van der Waals surface area contributed by atoms with Crippen molar-refractivity contribution in [3.63, 3.8) is 0 Å². The topological polar surface area (TPSA) is 67.9 Å². The molecule has 6 nitrogen and oxygen atoms in total. The number of anilines is 2. The van der Waals surface area contributed by atoms with Gasteiger partial charge in [0.2, 0.25) is 0 Å². The maximum absolute atomic E-state index is 12.4. The summed E-state index contributed by atoms with van der Waals surface area (Å²) in [7, 11) is 0. The number of carbonyl (C=O) groups excluding carboxylic acids is 2. The lowest BCUT2D eigenvalue weighted by Crippen LogP contribution is -2.31. The van der Waals surface area contributed by atoms with Crippen LogP contribution in [0.2, 0.25) is 0 Å². The number of carbonyl (C=O) groups is 2. The van der Waals surface area contributed by atoms with Gasteiger partial charge in [0.15, 0.2) is 6.10 Å². The van der Waals surface area contributed by atoms with E-state index in [1.54, 1.807) is 18.2 Å². The summed E-state index contributed by atoms with van der Waals surface area (Å²) in [5.74, 6) is 0.554. The summed E-state index contributed by atoms with van der Waals surface area (Å²) >= 11 is 0. The van der Waals surface area contributed by atoms with Gasteiger partial charge in [0, 0.05) is 17.8 Å². The van der Waals surface area contributed by atoms with E-state index in [1.165, 1.54) is 4.90 Å². The smallest absolute Gasteiger partial charge is 0.414 e. The molecule has 2 amide bonds. The Hall–Kier alpha value is -3.02. The number of hydrogen-bond acceptors (Lipinski definition) is 4. The van der Waals surface area contributed by atoms with E-state index in [2.05, 4.69) is 5.32 Å². The first-order valence-electron chi connectivity index (χ1n) is 7.80. The van der Waals surface area contributed by atoms with Gasteiger partial charge in [-0.3, -0.25) is 9.69 Å². The highest BCUT2D eigenvalue weighted by Gasteiger charge is 2.29. The minimum absolute atomic E-state index is 0.202. The lowest BCUT2D eigenvalue weighted by atomic mass is 10.1. The summed E-state index contributed by atoms with van der Waals surface area (Å²) in [6.45, 7) is 0.890. The maximum Gasteiger partial charge on any atom is 0.414 e.